The summed E-state index contributed by atoms with van der Waals surface area (Å²) in [7, 11) is 0.111. The molecule has 0 amide bonds. The molecule has 0 spiro atoms. The minimum absolute atomic E-state index is 0. The van der Waals surface area contributed by atoms with Crippen molar-refractivity contribution in [2.45, 2.75) is 0 Å². The summed E-state index contributed by atoms with van der Waals surface area (Å²) in [6, 6.07) is 0. The second kappa shape index (κ2) is 84.1. The van der Waals surface area contributed by atoms with Gasteiger partial charge in [0.05, 0.1) is 0 Å². The Labute approximate surface area is 68.2 Å². The average Bonchev–Trinajstić information content (AvgIpc) is 1.50. The van der Waals surface area contributed by atoms with Gasteiger partial charge in [-0.15, -0.1) is 0 Å². The van der Waals surface area contributed by atoms with Crippen LogP contribution in [0.15, 0.2) is 0 Å². The number of hydrogen-bond acceptors (Lipinski definition) is 2. The van der Waals surface area contributed by atoms with Crippen molar-refractivity contribution < 1.29 is 47.3 Å². The van der Waals surface area contributed by atoms with Gasteiger partial charge in [0.1, 0.15) is 0 Å². The van der Waals surface area contributed by atoms with Gasteiger partial charge >= 0.3 is 37.7 Å². The molecule has 0 heterocycles. The molecule has 6 heteroatoms. The monoisotopic (exact) mass is 108 g/mol. The fourth-order valence-corrected chi connectivity index (χ4v) is 0. The summed E-state index contributed by atoms with van der Waals surface area (Å²) < 4.78 is 0. The van der Waals surface area contributed by atoms with Crippen LogP contribution in [0.3, 0.4) is 0 Å². The molecule has 0 aliphatic carbocycles. The van der Waals surface area contributed by atoms with Crippen molar-refractivity contribution in [2.75, 3.05) is 0 Å². The SMILES string of the molecule is [Li+].[Li+].[O-][SiH3].[O-][SiH3]. The van der Waals surface area contributed by atoms with Crippen molar-refractivity contribution in [1.29, 1.82) is 0 Å². The van der Waals surface area contributed by atoms with E-state index in [1.54, 1.807) is 0 Å². The van der Waals surface area contributed by atoms with Crippen molar-refractivity contribution in [2.24, 2.45) is 0 Å². The van der Waals surface area contributed by atoms with Gasteiger partial charge in [0.2, 0.25) is 0 Å². The molecule has 0 aliphatic rings. The summed E-state index contributed by atoms with van der Waals surface area (Å²) in [6.07, 6.45) is 0. The number of hydrogen-bond donors (Lipinski definition) is 0. The third-order valence-electron chi connectivity index (χ3n) is 0. The van der Waals surface area contributed by atoms with Crippen molar-refractivity contribution in [1.82, 2.24) is 0 Å². The Kier molecular flexibility index (Phi) is 360. The van der Waals surface area contributed by atoms with Gasteiger partial charge in [-0.05, 0) is 0 Å². The van der Waals surface area contributed by atoms with Crippen LogP contribution in [0.25, 0.3) is 0 Å². The van der Waals surface area contributed by atoms with E-state index in [0.29, 0.717) is 0 Å². The smallest absolute Gasteiger partial charge is 0.865 e. The van der Waals surface area contributed by atoms with Gasteiger partial charge < -0.3 is 9.59 Å². The van der Waals surface area contributed by atoms with E-state index in [1.807, 2.05) is 0 Å². The van der Waals surface area contributed by atoms with E-state index < -0.39 is 0 Å². The van der Waals surface area contributed by atoms with Crippen LogP contribution in [0.5, 0.6) is 0 Å². The van der Waals surface area contributed by atoms with E-state index in [2.05, 4.69) is 0 Å². The first-order valence-corrected chi connectivity index (χ1v) is 2.45. The van der Waals surface area contributed by atoms with Gasteiger partial charge in [-0.25, -0.2) is 0 Å². The van der Waals surface area contributed by atoms with Crippen LogP contribution in [0, 0.1) is 0 Å². The van der Waals surface area contributed by atoms with Crippen LogP contribution < -0.4 is 47.3 Å². The second-order valence-corrected chi connectivity index (χ2v) is 0. The van der Waals surface area contributed by atoms with E-state index in [-0.39, 0.29) is 58.7 Å². The minimum atomic E-state index is 0. The zero-order chi connectivity index (χ0) is 4.00. The maximum absolute atomic E-state index is 8.39. The largest absolute Gasteiger partial charge is 1.00 e. The third-order valence-corrected chi connectivity index (χ3v) is 0. The topological polar surface area (TPSA) is 46.1 Å². The van der Waals surface area contributed by atoms with Gasteiger partial charge in [0.15, 0.2) is 0 Å². The first-order valence-electron chi connectivity index (χ1n) is 0.816. The molecule has 0 fully saturated rings. The van der Waals surface area contributed by atoms with Crippen LogP contribution in [-0.4, -0.2) is 21.0 Å². The molecular weight excluding hydrogens is 102 g/mol. The van der Waals surface area contributed by atoms with Crippen molar-refractivity contribution in [3.05, 3.63) is 0 Å². The Morgan fingerprint density at radius 3 is 0.667 bits per heavy atom. The van der Waals surface area contributed by atoms with Crippen molar-refractivity contribution in [3.8, 4) is 0 Å². The zero-order valence-corrected chi connectivity index (χ0v) is 8.82. The Bertz CT molecular complexity index is 9.51. The molecule has 0 N–H and O–H groups in total. The van der Waals surface area contributed by atoms with Gasteiger partial charge in [0, 0.05) is 0 Å². The van der Waals surface area contributed by atoms with Crippen molar-refractivity contribution in [3.63, 3.8) is 0 Å². The molecule has 0 rings (SSSR count). The second-order valence-electron chi connectivity index (χ2n) is 0. The Morgan fingerprint density at radius 1 is 0.667 bits per heavy atom. The van der Waals surface area contributed by atoms with Crippen LogP contribution >= 0.6 is 0 Å². The van der Waals surface area contributed by atoms with E-state index in [9.17, 15) is 0 Å². The van der Waals surface area contributed by atoms with Gasteiger partial charge in [-0.3, -0.25) is 0 Å². The van der Waals surface area contributed by atoms with Crippen LogP contribution in [-0.2, 0) is 0 Å². The molecule has 0 aromatic rings. The maximum atomic E-state index is 8.39. The van der Waals surface area contributed by atoms with Crippen LogP contribution in [0.2, 0.25) is 0 Å². The van der Waals surface area contributed by atoms with E-state index >= 15 is 0 Å². The van der Waals surface area contributed by atoms with Crippen LogP contribution in [0.4, 0.5) is 0 Å². The molecule has 2 nitrogen and oxygen atoms in total. The summed E-state index contributed by atoms with van der Waals surface area (Å²) >= 11 is 0. The molecule has 0 aromatic carbocycles. The Hall–Kier alpha value is 1.55. The summed E-state index contributed by atoms with van der Waals surface area (Å²) in [5, 5.41) is 0. The molecule has 0 atom stereocenters. The third kappa shape index (κ3) is 47.9. The van der Waals surface area contributed by atoms with Crippen LogP contribution in [0.1, 0.15) is 0 Å². The molecule has 0 unspecified atom stereocenters. The van der Waals surface area contributed by atoms with E-state index in [0.717, 1.165) is 0 Å². The molecule has 0 saturated carbocycles. The number of rotatable bonds is 0. The first-order chi connectivity index (χ1) is 2.00. The summed E-state index contributed by atoms with van der Waals surface area (Å²) in [5.74, 6) is 0. The molecule has 0 radical (unpaired) electrons. The molecule has 0 bridgehead atoms. The van der Waals surface area contributed by atoms with Gasteiger partial charge in [0.25, 0.3) is 0 Å². The fourth-order valence-electron chi connectivity index (χ4n) is 0. The Morgan fingerprint density at radius 2 is 0.667 bits per heavy atom. The summed E-state index contributed by atoms with van der Waals surface area (Å²) in [5.41, 5.74) is 0. The summed E-state index contributed by atoms with van der Waals surface area (Å²) in [4.78, 5) is 16.8. The van der Waals surface area contributed by atoms with E-state index in [4.69, 9.17) is 9.59 Å². The first kappa shape index (κ1) is 25.7. The standard InChI is InChI=1S/2Li.2H3OSi/c;;2*1-2/h;;2*2H3/q2*+1;2*-1. The molecule has 28 valence electrons. The molecule has 0 aromatic heterocycles. The molecule has 6 heavy (non-hydrogen) atoms. The zero-order valence-electron chi connectivity index (χ0n) is 4.82. The van der Waals surface area contributed by atoms with E-state index in [1.165, 1.54) is 0 Å². The normalized spacial score (nSPS) is 3.00. The van der Waals surface area contributed by atoms with Crippen molar-refractivity contribution >= 4 is 21.0 Å². The average molecular weight is 108 g/mol. The predicted molar refractivity (Wildman–Crippen MR) is 19.9 cm³/mol. The maximum Gasteiger partial charge on any atom is 1.00 e. The Balaban J connectivity index is -0.00000000500. The molecule has 0 aliphatic heterocycles. The van der Waals surface area contributed by atoms with Gasteiger partial charge in [-0.1, -0.05) is 21.0 Å². The summed E-state index contributed by atoms with van der Waals surface area (Å²) in [6.45, 7) is 0. The minimum Gasteiger partial charge on any atom is -0.865 e. The quantitative estimate of drug-likeness (QED) is 0.289. The van der Waals surface area contributed by atoms with Gasteiger partial charge in [-0.2, -0.15) is 0 Å². The molecule has 0 saturated heterocycles. The molecular formula is H6Li2O2Si2. The fraction of sp³-hybridized carbons (Fsp3) is 0. The predicted octanol–water partition coefficient (Wildman–Crippen LogP) is -10.7.